The molecule has 18 heavy (non-hydrogen) atoms. The zero-order valence-electron chi connectivity index (χ0n) is 9.08. The van der Waals surface area contributed by atoms with Crippen molar-refractivity contribution in [1.82, 2.24) is 10.1 Å². The molecule has 3 N–H and O–H groups in total. The Balaban J connectivity index is 1.89. The molecule has 6 nitrogen and oxygen atoms in total. The smallest absolute Gasteiger partial charge is 0.279 e. The van der Waals surface area contributed by atoms with Gasteiger partial charge in [0.1, 0.15) is 6.26 Å². The molecule has 0 fully saturated rings. The van der Waals surface area contributed by atoms with Crippen LogP contribution in [0.4, 0.5) is 10.8 Å². The molecule has 0 aliphatic rings. The highest BCUT2D eigenvalue weighted by Gasteiger charge is 2.12. The van der Waals surface area contributed by atoms with Crippen LogP contribution in [0.5, 0.6) is 0 Å². The third-order valence-corrected chi connectivity index (χ3v) is 3.24. The van der Waals surface area contributed by atoms with Gasteiger partial charge in [-0.15, -0.1) is 0 Å². The summed E-state index contributed by atoms with van der Waals surface area (Å²) < 4.78 is 5.53. The van der Waals surface area contributed by atoms with Crippen molar-refractivity contribution in [3.63, 3.8) is 0 Å². The number of amides is 1. The number of nitrogens with one attached hydrogen (secondary N) is 1. The molecule has 2 aromatic heterocycles. The van der Waals surface area contributed by atoms with Crippen LogP contribution in [0.2, 0.25) is 0 Å². The number of fused-ring (bicyclic) bond motifs is 1. The SMILES string of the molecule is Nc1ccc2nc(NC(=O)c3ccon3)sc2c1. The van der Waals surface area contributed by atoms with Crippen molar-refractivity contribution in [2.24, 2.45) is 0 Å². The third-order valence-electron chi connectivity index (χ3n) is 2.30. The molecular weight excluding hydrogens is 252 g/mol. The maximum atomic E-state index is 11.7. The summed E-state index contributed by atoms with van der Waals surface area (Å²) in [4.78, 5) is 16.0. The molecule has 7 heteroatoms. The lowest BCUT2D eigenvalue weighted by atomic mass is 10.3. The quantitative estimate of drug-likeness (QED) is 0.688. The minimum atomic E-state index is -0.351. The number of hydrogen-bond donors (Lipinski definition) is 2. The molecule has 0 unspecified atom stereocenters. The number of carbonyl (C=O) groups is 1. The van der Waals surface area contributed by atoms with Crippen molar-refractivity contribution < 1.29 is 9.32 Å². The molecule has 1 aromatic carbocycles. The predicted molar refractivity (Wildman–Crippen MR) is 68.5 cm³/mol. The van der Waals surface area contributed by atoms with E-state index in [4.69, 9.17) is 5.73 Å². The van der Waals surface area contributed by atoms with E-state index in [2.05, 4.69) is 20.0 Å². The van der Waals surface area contributed by atoms with Gasteiger partial charge in [-0.3, -0.25) is 10.1 Å². The molecule has 0 aliphatic heterocycles. The molecule has 0 aliphatic carbocycles. The van der Waals surface area contributed by atoms with Gasteiger partial charge in [0.2, 0.25) is 0 Å². The number of rotatable bonds is 2. The van der Waals surface area contributed by atoms with Crippen LogP contribution in [0.15, 0.2) is 35.1 Å². The Morgan fingerprint density at radius 1 is 1.39 bits per heavy atom. The molecule has 0 radical (unpaired) electrons. The number of carbonyl (C=O) groups excluding carboxylic acids is 1. The van der Waals surface area contributed by atoms with Crippen molar-refractivity contribution >= 4 is 38.3 Å². The second kappa shape index (κ2) is 4.11. The van der Waals surface area contributed by atoms with Gasteiger partial charge in [-0.05, 0) is 18.2 Å². The first-order valence-corrected chi connectivity index (χ1v) is 5.92. The number of nitrogens with zero attached hydrogens (tertiary/aromatic N) is 2. The van der Waals surface area contributed by atoms with Gasteiger partial charge in [-0.2, -0.15) is 0 Å². The van der Waals surface area contributed by atoms with Crippen LogP contribution < -0.4 is 11.1 Å². The van der Waals surface area contributed by atoms with E-state index in [-0.39, 0.29) is 11.6 Å². The van der Waals surface area contributed by atoms with Crippen molar-refractivity contribution in [2.75, 3.05) is 11.1 Å². The largest absolute Gasteiger partial charge is 0.399 e. The van der Waals surface area contributed by atoms with Crippen LogP contribution in [-0.4, -0.2) is 16.0 Å². The molecule has 3 aromatic rings. The summed E-state index contributed by atoms with van der Waals surface area (Å²) in [6, 6.07) is 6.89. The van der Waals surface area contributed by atoms with E-state index in [9.17, 15) is 4.79 Å². The number of thiazole rings is 1. The van der Waals surface area contributed by atoms with E-state index in [1.54, 1.807) is 6.07 Å². The van der Waals surface area contributed by atoms with Crippen molar-refractivity contribution in [2.45, 2.75) is 0 Å². The van der Waals surface area contributed by atoms with Crippen LogP contribution >= 0.6 is 11.3 Å². The van der Waals surface area contributed by atoms with Crippen molar-refractivity contribution in [1.29, 1.82) is 0 Å². The Hall–Kier alpha value is -2.41. The molecule has 0 atom stereocenters. The van der Waals surface area contributed by atoms with Gasteiger partial charge in [0, 0.05) is 11.8 Å². The molecule has 2 heterocycles. The van der Waals surface area contributed by atoms with E-state index in [0.29, 0.717) is 10.8 Å². The highest BCUT2D eigenvalue weighted by atomic mass is 32.1. The van der Waals surface area contributed by atoms with E-state index in [1.165, 1.54) is 23.7 Å². The number of hydrogen-bond acceptors (Lipinski definition) is 6. The first-order valence-electron chi connectivity index (χ1n) is 5.10. The van der Waals surface area contributed by atoms with Gasteiger partial charge in [-0.1, -0.05) is 16.5 Å². The molecule has 0 spiro atoms. The summed E-state index contributed by atoms with van der Waals surface area (Å²) in [5.74, 6) is -0.351. The van der Waals surface area contributed by atoms with Crippen molar-refractivity contribution in [3.05, 3.63) is 36.2 Å². The first-order chi connectivity index (χ1) is 8.72. The highest BCUT2D eigenvalue weighted by Crippen LogP contribution is 2.27. The average molecular weight is 260 g/mol. The Kier molecular flexibility index (Phi) is 2.45. The lowest BCUT2D eigenvalue weighted by Crippen LogP contribution is -2.11. The third kappa shape index (κ3) is 1.91. The Bertz CT molecular complexity index is 705. The predicted octanol–water partition coefficient (Wildman–Crippen LogP) is 2.12. The van der Waals surface area contributed by atoms with Crippen LogP contribution in [0.25, 0.3) is 10.2 Å². The zero-order chi connectivity index (χ0) is 12.5. The fourth-order valence-corrected chi connectivity index (χ4v) is 2.39. The maximum absolute atomic E-state index is 11.7. The molecule has 0 saturated carbocycles. The fourth-order valence-electron chi connectivity index (χ4n) is 1.49. The Morgan fingerprint density at radius 2 is 2.28 bits per heavy atom. The average Bonchev–Trinajstić information content (AvgIpc) is 2.95. The van der Waals surface area contributed by atoms with Crippen LogP contribution in [0.3, 0.4) is 0 Å². The van der Waals surface area contributed by atoms with Gasteiger partial charge < -0.3 is 10.3 Å². The van der Waals surface area contributed by atoms with Crippen LogP contribution in [-0.2, 0) is 0 Å². The fraction of sp³-hybridized carbons (Fsp3) is 0. The Labute approximate surface area is 105 Å². The molecular formula is C11H8N4O2S. The van der Waals surface area contributed by atoms with E-state index in [0.717, 1.165) is 10.2 Å². The summed E-state index contributed by atoms with van der Waals surface area (Å²) in [7, 11) is 0. The number of benzene rings is 1. The number of nitrogen functional groups attached to an aromatic ring is 1. The number of anilines is 2. The number of aromatic nitrogens is 2. The Morgan fingerprint density at radius 3 is 3.06 bits per heavy atom. The van der Waals surface area contributed by atoms with E-state index in [1.807, 2.05) is 12.1 Å². The second-order valence-electron chi connectivity index (χ2n) is 3.58. The lowest BCUT2D eigenvalue weighted by molar-refractivity contribution is 0.101. The molecule has 90 valence electrons. The lowest BCUT2D eigenvalue weighted by Gasteiger charge is -1.95. The second-order valence-corrected chi connectivity index (χ2v) is 4.62. The summed E-state index contributed by atoms with van der Waals surface area (Å²) >= 11 is 1.36. The number of nitrogens with two attached hydrogens (primary N) is 1. The normalized spacial score (nSPS) is 10.7. The summed E-state index contributed by atoms with van der Waals surface area (Å²) in [5, 5.41) is 6.71. The summed E-state index contributed by atoms with van der Waals surface area (Å²) in [6.45, 7) is 0. The van der Waals surface area contributed by atoms with Gasteiger partial charge in [0.25, 0.3) is 5.91 Å². The van der Waals surface area contributed by atoms with Crippen LogP contribution in [0, 0.1) is 0 Å². The zero-order valence-corrected chi connectivity index (χ0v) is 9.90. The molecule has 0 bridgehead atoms. The van der Waals surface area contributed by atoms with Gasteiger partial charge in [0.05, 0.1) is 10.2 Å². The molecule has 0 saturated heterocycles. The topological polar surface area (TPSA) is 94.0 Å². The summed E-state index contributed by atoms with van der Waals surface area (Å²) in [5.41, 5.74) is 7.36. The monoisotopic (exact) mass is 260 g/mol. The van der Waals surface area contributed by atoms with E-state index < -0.39 is 0 Å². The highest BCUT2D eigenvalue weighted by molar-refractivity contribution is 7.22. The minimum absolute atomic E-state index is 0.216. The minimum Gasteiger partial charge on any atom is -0.399 e. The molecule has 3 rings (SSSR count). The van der Waals surface area contributed by atoms with Gasteiger partial charge in [0.15, 0.2) is 10.8 Å². The standard InChI is InChI=1S/C11H8N4O2S/c12-6-1-2-7-9(5-6)18-11(13-7)14-10(16)8-3-4-17-15-8/h1-5H,12H2,(H,13,14,16). The van der Waals surface area contributed by atoms with Gasteiger partial charge in [-0.25, -0.2) is 4.98 Å². The van der Waals surface area contributed by atoms with Gasteiger partial charge >= 0.3 is 0 Å². The van der Waals surface area contributed by atoms with E-state index >= 15 is 0 Å². The summed E-state index contributed by atoms with van der Waals surface area (Å²) in [6.07, 6.45) is 1.34. The first kappa shape index (κ1) is 10.7. The van der Waals surface area contributed by atoms with Crippen LogP contribution in [0.1, 0.15) is 10.5 Å². The molecule has 1 amide bonds. The van der Waals surface area contributed by atoms with Crippen molar-refractivity contribution in [3.8, 4) is 0 Å². The maximum Gasteiger partial charge on any atom is 0.279 e.